The number of rotatable bonds is 8. The second-order valence-corrected chi connectivity index (χ2v) is 7.23. The zero-order chi connectivity index (χ0) is 14.2. The van der Waals surface area contributed by atoms with E-state index < -0.39 is 0 Å². The number of hydrogen-bond acceptors (Lipinski definition) is 3. The fraction of sp³-hybridized carbons (Fsp3) is 0.375. The minimum atomic E-state index is 0.348. The molecule has 108 valence electrons. The van der Waals surface area contributed by atoms with Gasteiger partial charge in [0, 0.05) is 17.3 Å². The lowest BCUT2D eigenvalue weighted by atomic mass is 10.2. The van der Waals surface area contributed by atoms with Crippen molar-refractivity contribution in [3.8, 4) is 5.75 Å². The normalized spacial score (nSPS) is 12.3. The molecule has 0 radical (unpaired) electrons. The molecule has 0 saturated carbocycles. The molecule has 2 nitrogen and oxygen atoms in total. The molecule has 1 heterocycles. The van der Waals surface area contributed by atoms with Gasteiger partial charge in [-0.25, -0.2) is 0 Å². The minimum Gasteiger partial charge on any atom is -0.492 e. The highest BCUT2D eigenvalue weighted by molar-refractivity contribution is 9.11. The average molecular weight is 354 g/mol. The summed E-state index contributed by atoms with van der Waals surface area (Å²) < 4.78 is 7.06. The molecule has 0 aliphatic rings. The van der Waals surface area contributed by atoms with Crippen LogP contribution in [0, 0.1) is 0 Å². The Bertz CT molecular complexity index is 500. The van der Waals surface area contributed by atoms with E-state index in [0.29, 0.717) is 12.6 Å². The summed E-state index contributed by atoms with van der Waals surface area (Å²) in [4.78, 5) is 1.38. The van der Waals surface area contributed by atoms with Gasteiger partial charge in [-0.05, 0) is 53.2 Å². The molecule has 1 aromatic heterocycles. The van der Waals surface area contributed by atoms with E-state index in [-0.39, 0.29) is 0 Å². The molecule has 0 spiro atoms. The van der Waals surface area contributed by atoms with E-state index >= 15 is 0 Å². The lowest BCUT2D eigenvalue weighted by Crippen LogP contribution is -2.36. The van der Waals surface area contributed by atoms with Crippen LogP contribution in [0.5, 0.6) is 5.75 Å². The van der Waals surface area contributed by atoms with Gasteiger partial charge in [0.15, 0.2) is 0 Å². The van der Waals surface area contributed by atoms with Crippen LogP contribution in [0.2, 0.25) is 0 Å². The zero-order valence-corrected chi connectivity index (χ0v) is 14.0. The molecule has 2 rings (SSSR count). The summed E-state index contributed by atoms with van der Waals surface area (Å²) in [5.41, 5.74) is 0. The van der Waals surface area contributed by atoms with Gasteiger partial charge < -0.3 is 10.1 Å². The molecule has 1 N–H and O–H groups in total. The molecule has 0 amide bonds. The third kappa shape index (κ3) is 5.27. The van der Waals surface area contributed by atoms with Crippen LogP contribution in [0.15, 0.2) is 46.3 Å². The minimum absolute atomic E-state index is 0.348. The van der Waals surface area contributed by atoms with Gasteiger partial charge in [0.2, 0.25) is 0 Å². The number of benzene rings is 1. The number of nitrogens with one attached hydrogen (secondary N) is 1. The van der Waals surface area contributed by atoms with E-state index in [1.807, 2.05) is 30.3 Å². The highest BCUT2D eigenvalue weighted by Crippen LogP contribution is 2.23. The highest BCUT2D eigenvalue weighted by atomic mass is 79.9. The smallest absolute Gasteiger partial charge is 0.119 e. The van der Waals surface area contributed by atoms with E-state index in [1.54, 1.807) is 11.3 Å². The van der Waals surface area contributed by atoms with Crippen molar-refractivity contribution in [2.24, 2.45) is 0 Å². The van der Waals surface area contributed by atoms with Crippen molar-refractivity contribution in [2.75, 3.05) is 13.2 Å². The summed E-state index contributed by atoms with van der Waals surface area (Å²) in [5, 5.41) is 3.56. The highest BCUT2D eigenvalue weighted by Gasteiger charge is 2.11. The van der Waals surface area contributed by atoms with E-state index in [4.69, 9.17) is 4.74 Å². The van der Waals surface area contributed by atoms with Gasteiger partial charge >= 0.3 is 0 Å². The first-order valence-corrected chi connectivity index (χ1v) is 8.54. The predicted molar refractivity (Wildman–Crippen MR) is 89.7 cm³/mol. The third-order valence-electron chi connectivity index (χ3n) is 2.95. The van der Waals surface area contributed by atoms with Crippen molar-refractivity contribution in [1.82, 2.24) is 5.32 Å². The molecule has 1 atom stereocenters. The molecule has 1 aromatic carbocycles. The van der Waals surface area contributed by atoms with Crippen molar-refractivity contribution in [1.29, 1.82) is 0 Å². The molecule has 0 aliphatic heterocycles. The fourth-order valence-corrected chi connectivity index (χ4v) is 3.52. The van der Waals surface area contributed by atoms with E-state index in [2.05, 4.69) is 40.3 Å². The van der Waals surface area contributed by atoms with Crippen molar-refractivity contribution in [3.63, 3.8) is 0 Å². The van der Waals surface area contributed by atoms with E-state index in [9.17, 15) is 0 Å². The molecule has 0 aliphatic carbocycles. The lowest BCUT2D eigenvalue weighted by Gasteiger charge is -2.18. The maximum atomic E-state index is 5.87. The SMILES string of the molecule is CCCNC(COc1ccccc1)Cc1ccc(Br)s1. The third-order valence-corrected chi connectivity index (χ3v) is 4.60. The maximum Gasteiger partial charge on any atom is 0.119 e. The van der Waals surface area contributed by atoms with Gasteiger partial charge in [-0.2, -0.15) is 0 Å². The topological polar surface area (TPSA) is 21.3 Å². The second-order valence-electron chi connectivity index (χ2n) is 4.69. The molecule has 0 bridgehead atoms. The maximum absolute atomic E-state index is 5.87. The first-order chi connectivity index (χ1) is 9.78. The van der Waals surface area contributed by atoms with Crippen LogP contribution in [0.25, 0.3) is 0 Å². The summed E-state index contributed by atoms with van der Waals surface area (Å²) in [6.07, 6.45) is 2.14. The Morgan fingerprint density at radius 1 is 1.20 bits per heavy atom. The first-order valence-electron chi connectivity index (χ1n) is 6.93. The van der Waals surface area contributed by atoms with Gasteiger partial charge in [0.1, 0.15) is 12.4 Å². The zero-order valence-electron chi connectivity index (χ0n) is 11.6. The Balaban J connectivity index is 1.89. The number of ether oxygens (including phenoxy) is 1. The monoisotopic (exact) mass is 353 g/mol. The Morgan fingerprint density at radius 2 is 2.00 bits per heavy atom. The molecular weight excluding hydrogens is 334 g/mol. The Morgan fingerprint density at radius 3 is 2.65 bits per heavy atom. The Labute approximate surface area is 133 Å². The van der Waals surface area contributed by atoms with Gasteiger partial charge in [0.05, 0.1) is 3.79 Å². The van der Waals surface area contributed by atoms with Gasteiger partial charge in [-0.3, -0.25) is 0 Å². The van der Waals surface area contributed by atoms with Crippen molar-refractivity contribution < 1.29 is 4.74 Å². The van der Waals surface area contributed by atoms with Crippen molar-refractivity contribution >= 4 is 27.3 Å². The molecule has 0 fully saturated rings. The standard InChI is InChI=1S/C16H20BrNOS/c1-2-10-18-13(11-15-8-9-16(17)20-15)12-19-14-6-4-3-5-7-14/h3-9,13,18H,2,10-12H2,1H3. The van der Waals surface area contributed by atoms with Crippen LogP contribution in [0.3, 0.4) is 0 Å². The first kappa shape index (κ1) is 15.5. The van der Waals surface area contributed by atoms with Gasteiger partial charge in [0.25, 0.3) is 0 Å². The largest absolute Gasteiger partial charge is 0.492 e. The van der Waals surface area contributed by atoms with Crippen LogP contribution in [-0.4, -0.2) is 19.2 Å². The summed E-state index contributed by atoms with van der Waals surface area (Å²) >= 11 is 5.31. The van der Waals surface area contributed by atoms with Crippen LogP contribution >= 0.6 is 27.3 Å². The van der Waals surface area contributed by atoms with Crippen molar-refractivity contribution in [2.45, 2.75) is 25.8 Å². The Kier molecular flexibility index (Phi) is 6.57. The van der Waals surface area contributed by atoms with Crippen LogP contribution in [0.4, 0.5) is 0 Å². The van der Waals surface area contributed by atoms with Gasteiger partial charge in [-0.15, -0.1) is 11.3 Å². The number of thiophene rings is 1. The summed E-state index contributed by atoms with van der Waals surface area (Å²) in [5.74, 6) is 0.933. The molecule has 0 saturated heterocycles. The Hall–Kier alpha value is -0.840. The summed E-state index contributed by atoms with van der Waals surface area (Å²) in [6.45, 7) is 3.90. The van der Waals surface area contributed by atoms with Crippen LogP contribution in [0.1, 0.15) is 18.2 Å². The second kappa shape index (κ2) is 8.45. The molecule has 20 heavy (non-hydrogen) atoms. The van der Waals surface area contributed by atoms with Crippen molar-refractivity contribution in [3.05, 3.63) is 51.1 Å². The molecule has 4 heteroatoms. The lowest BCUT2D eigenvalue weighted by molar-refractivity contribution is 0.263. The molecular formula is C16H20BrNOS. The van der Waals surface area contributed by atoms with Crippen LogP contribution in [-0.2, 0) is 6.42 Å². The van der Waals surface area contributed by atoms with Gasteiger partial charge in [-0.1, -0.05) is 25.1 Å². The number of hydrogen-bond donors (Lipinski definition) is 1. The summed E-state index contributed by atoms with van der Waals surface area (Å²) in [6, 6.07) is 14.6. The van der Waals surface area contributed by atoms with E-state index in [0.717, 1.165) is 25.1 Å². The molecule has 1 unspecified atom stereocenters. The average Bonchev–Trinajstić information content (AvgIpc) is 2.88. The molecule has 2 aromatic rings. The van der Waals surface area contributed by atoms with Crippen LogP contribution < -0.4 is 10.1 Å². The number of halogens is 1. The fourth-order valence-electron chi connectivity index (χ4n) is 1.96. The van der Waals surface area contributed by atoms with E-state index in [1.165, 1.54) is 8.66 Å². The summed E-state index contributed by atoms with van der Waals surface area (Å²) in [7, 11) is 0. The number of para-hydroxylation sites is 1. The quantitative estimate of drug-likeness (QED) is 0.754. The predicted octanol–water partition coefficient (Wildman–Crippen LogP) is 4.50.